The van der Waals surface area contributed by atoms with Gasteiger partial charge >= 0.3 is 5.97 Å². The van der Waals surface area contributed by atoms with Crippen LogP contribution in [0.15, 0.2) is 24.3 Å². The Bertz CT molecular complexity index is 476. The lowest BCUT2D eigenvalue weighted by molar-refractivity contribution is -0.131. The quantitative estimate of drug-likeness (QED) is 0.828. The van der Waals surface area contributed by atoms with Crippen LogP contribution in [-0.4, -0.2) is 17.7 Å². The molecule has 102 valence electrons. The van der Waals surface area contributed by atoms with Crippen molar-refractivity contribution in [2.75, 3.05) is 6.61 Å². The minimum absolute atomic E-state index is 0.404. The van der Waals surface area contributed by atoms with Gasteiger partial charge in [0.25, 0.3) is 0 Å². The largest absolute Gasteiger partial charge is 0.493 e. The molecule has 1 saturated carbocycles. The molecular weight excluding hydrogens is 247 g/mol. The lowest BCUT2D eigenvalue weighted by Gasteiger charge is -2.13. The van der Waals surface area contributed by atoms with Gasteiger partial charge < -0.3 is 9.84 Å². The van der Waals surface area contributed by atoms with Crippen molar-refractivity contribution in [2.24, 2.45) is 5.92 Å². The Hall–Kier alpha value is -1.84. The van der Waals surface area contributed by atoms with Gasteiger partial charge in [-0.25, -0.2) is 9.18 Å². The van der Waals surface area contributed by atoms with Gasteiger partial charge in [0.1, 0.15) is 11.6 Å². The highest BCUT2D eigenvalue weighted by Gasteiger charge is 2.16. The number of rotatable bonds is 5. The number of halogens is 1. The van der Waals surface area contributed by atoms with E-state index in [-0.39, 0.29) is 0 Å². The summed E-state index contributed by atoms with van der Waals surface area (Å²) in [6.45, 7) is 0.611. The molecule has 3 nitrogen and oxygen atoms in total. The van der Waals surface area contributed by atoms with E-state index in [2.05, 4.69) is 0 Å². The van der Waals surface area contributed by atoms with E-state index >= 15 is 0 Å². The van der Waals surface area contributed by atoms with E-state index in [4.69, 9.17) is 9.84 Å². The van der Waals surface area contributed by atoms with Crippen molar-refractivity contribution in [1.82, 2.24) is 0 Å². The molecule has 19 heavy (non-hydrogen) atoms. The summed E-state index contributed by atoms with van der Waals surface area (Å²) in [7, 11) is 0. The molecule has 0 saturated heterocycles. The molecule has 0 aliphatic heterocycles. The Balaban J connectivity index is 2.07. The second-order valence-electron chi connectivity index (χ2n) is 4.82. The maximum absolute atomic E-state index is 13.2. The van der Waals surface area contributed by atoms with Gasteiger partial charge in [0.15, 0.2) is 0 Å². The first-order valence-electron chi connectivity index (χ1n) is 6.48. The van der Waals surface area contributed by atoms with Crippen molar-refractivity contribution in [1.29, 1.82) is 0 Å². The van der Waals surface area contributed by atoms with Crippen molar-refractivity contribution < 1.29 is 19.0 Å². The van der Waals surface area contributed by atoms with Gasteiger partial charge in [-0.1, -0.05) is 12.8 Å². The van der Waals surface area contributed by atoms with Gasteiger partial charge in [0.2, 0.25) is 0 Å². The van der Waals surface area contributed by atoms with Gasteiger partial charge in [-0.2, -0.15) is 0 Å². The molecule has 1 aromatic carbocycles. The van der Waals surface area contributed by atoms with Gasteiger partial charge in [0.05, 0.1) is 6.61 Å². The summed E-state index contributed by atoms with van der Waals surface area (Å²) < 4.78 is 18.9. The molecule has 0 unspecified atom stereocenters. The summed E-state index contributed by atoms with van der Waals surface area (Å²) in [5.74, 6) is -0.378. The Morgan fingerprint density at radius 3 is 2.84 bits per heavy atom. The highest BCUT2D eigenvalue weighted by molar-refractivity contribution is 5.85. The third-order valence-electron chi connectivity index (χ3n) is 3.33. The Morgan fingerprint density at radius 2 is 2.16 bits per heavy atom. The maximum atomic E-state index is 13.2. The minimum atomic E-state index is -1.06. The summed E-state index contributed by atoms with van der Waals surface area (Å²) in [5, 5.41) is 8.62. The third kappa shape index (κ3) is 4.09. The second kappa shape index (κ2) is 6.36. The second-order valence-corrected chi connectivity index (χ2v) is 4.82. The van der Waals surface area contributed by atoms with Crippen LogP contribution in [0.4, 0.5) is 4.39 Å². The standard InChI is InChI=1S/C15H17FO3/c16-13-6-7-14(12(9-13)5-8-15(17)18)19-10-11-3-1-2-4-11/h5-9,11H,1-4,10H2,(H,17,18)/b8-5+. The Morgan fingerprint density at radius 1 is 1.42 bits per heavy atom. The predicted molar refractivity (Wildman–Crippen MR) is 70.5 cm³/mol. The average Bonchev–Trinajstić information content (AvgIpc) is 2.88. The maximum Gasteiger partial charge on any atom is 0.328 e. The third-order valence-corrected chi connectivity index (χ3v) is 3.33. The zero-order valence-electron chi connectivity index (χ0n) is 10.6. The SMILES string of the molecule is O=C(O)/C=C/c1cc(F)ccc1OCC1CCCC1. The van der Waals surface area contributed by atoms with Crippen LogP contribution < -0.4 is 4.74 Å². The smallest absolute Gasteiger partial charge is 0.328 e. The van der Waals surface area contributed by atoms with Crippen LogP contribution in [0.25, 0.3) is 6.08 Å². The first kappa shape index (κ1) is 13.6. The Labute approximate surface area is 111 Å². The Kier molecular flexibility index (Phi) is 4.55. The molecule has 1 fully saturated rings. The molecular formula is C15H17FO3. The first-order valence-corrected chi connectivity index (χ1v) is 6.48. The molecule has 0 bridgehead atoms. The van der Waals surface area contributed by atoms with Gasteiger partial charge in [-0.3, -0.25) is 0 Å². The number of hydrogen-bond donors (Lipinski definition) is 1. The average molecular weight is 264 g/mol. The molecule has 0 radical (unpaired) electrons. The number of carboxylic acid groups (broad SMARTS) is 1. The first-order chi connectivity index (χ1) is 9.15. The van der Waals surface area contributed by atoms with Crippen molar-refractivity contribution in [3.63, 3.8) is 0 Å². The normalized spacial score (nSPS) is 16.1. The van der Waals surface area contributed by atoms with E-state index in [1.165, 1.54) is 43.9 Å². The highest BCUT2D eigenvalue weighted by Crippen LogP contribution is 2.27. The topological polar surface area (TPSA) is 46.5 Å². The van der Waals surface area contributed by atoms with Crippen LogP contribution in [0, 0.1) is 11.7 Å². The molecule has 0 spiro atoms. The number of carboxylic acids is 1. The van der Waals surface area contributed by atoms with E-state index in [1.54, 1.807) is 6.07 Å². The summed E-state index contributed by atoms with van der Waals surface area (Å²) in [6.07, 6.45) is 7.15. The van der Waals surface area contributed by atoms with E-state index in [0.717, 1.165) is 6.08 Å². The van der Waals surface area contributed by atoms with Crippen LogP contribution in [0.3, 0.4) is 0 Å². The van der Waals surface area contributed by atoms with Crippen molar-refractivity contribution >= 4 is 12.0 Å². The van der Waals surface area contributed by atoms with E-state index in [9.17, 15) is 9.18 Å². The molecule has 1 aromatic rings. The fourth-order valence-corrected chi connectivity index (χ4v) is 2.33. The number of carbonyl (C=O) groups is 1. The zero-order valence-corrected chi connectivity index (χ0v) is 10.6. The lowest BCUT2D eigenvalue weighted by Crippen LogP contribution is -2.08. The van der Waals surface area contributed by atoms with Crippen LogP contribution in [0.5, 0.6) is 5.75 Å². The monoisotopic (exact) mass is 264 g/mol. The van der Waals surface area contributed by atoms with Crippen molar-refractivity contribution in [2.45, 2.75) is 25.7 Å². The molecule has 1 N–H and O–H groups in total. The summed E-state index contributed by atoms with van der Waals surface area (Å²) in [6, 6.07) is 4.15. The van der Waals surface area contributed by atoms with Crippen molar-refractivity contribution in [3.05, 3.63) is 35.7 Å². The number of hydrogen-bond acceptors (Lipinski definition) is 2. The lowest BCUT2D eigenvalue weighted by atomic mass is 10.1. The fourth-order valence-electron chi connectivity index (χ4n) is 2.33. The number of ether oxygens (including phenoxy) is 1. The van der Waals surface area contributed by atoms with Crippen LogP contribution in [0.1, 0.15) is 31.2 Å². The predicted octanol–water partition coefficient (Wildman–Crippen LogP) is 3.49. The summed E-state index contributed by atoms with van der Waals surface area (Å²) in [5.41, 5.74) is 0.459. The molecule has 2 rings (SSSR count). The van der Waals surface area contributed by atoms with Gasteiger partial charge in [0, 0.05) is 11.6 Å². The zero-order chi connectivity index (χ0) is 13.7. The molecule has 1 aliphatic rings. The van der Waals surface area contributed by atoms with E-state index in [1.807, 2.05) is 0 Å². The minimum Gasteiger partial charge on any atom is -0.493 e. The van der Waals surface area contributed by atoms with Crippen LogP contribution in [-0.2, 0) is 4.79 Å². The molecule has 1 aliphatic carbocycles. The van der Waals surface area contributed by atoms with Crippen LogP contribution in [0.2, 0.25) is 0 Å². The van der Waals surface area contributed by atoms with Crippen LogP contribution >= 0.6 is 0 Å². The molecule has 0 atom stereocenters. The summed E-state index contributed by atoms with van der Waals surface area (Å²) >= 11 is 0. The van der Waals surface area contributed by atoms with Gasteiger partial charge in [-0.15, -0.1) is 0 Å². The molecule has 0 heterocycles. The van der Waals surface area contributed by atoms with E-state index < -0.39 is 11.8 Å². The summed E-state index contributed by atoms with van der Waals surface area (Å²) in [4.78, 5) is 10.5. The number of benzene rings is 1. The fraction of sp³-hybridized carbons (Fsp3) is 0.400. The molecule has 4 heteroatoms. The van der Waals surface area contributed by atoms with E-state index in [0.29, 0.717) is 23.8 Å². The van der Waals surface area contributed by atoms with Crippen molar-refractivity contribution in [3.8, 4) is 5.75 Å². The number of aliphatic carboxylic acids is 1. The molecule has 0 amide bonds. The molecule has 0 aromatic heterocycles. The van der Waals surface area contributed by atoms with Gasteiger partial charge in [-0.05, 0) is 43.0 Å². The highest BCUT2D eigenvalue weighted by atomic mass is 19.1.